The van der Waals surface area contributed by atoms with E-state index in [1.165, 1.54) is 19.3 Å². The van der Waals surface area contributed by atoms with Crippen molar-refractivity contribution < 1.29 is 10.2 Å². The van der Waals surface area contributed by atoms with E-state index in [4.69, 9.17) is 5.73 Å². The maximum Gasteiger partial charge on any atom is 0.125 e. The highest BCUT2D eigenvalue weighted by Gasteiger charge is 2.24. The first kappa shape index (κ1) is 17.0. The Morgan fingerprint density at radius 1 is 1.14 bits per heavy atom. The third-order valence-corrected chi connectivity index (χ3v) is 4.33. The van der Waals surface area contributed by atoms with Gasteiger partial charge in [0.15, 0.2) is 0 Å². The lowest BCUT2D eigenvalue weighted by Crippen LogP contribution is -2.27. The van der Waals surface area contributed by atoms with Crippen molar-refractivity contribution in [2.45, 2.75) is 63.1 Å². The Labute approximate surface area is 133 Å². The standard InChI is InChI=1S/C19H27NO2/c20-14-10-18(21)17-8-6-7-16(15-17)9-13-19(22)11-4-2-1-3-5-12-19/h6-8,15,18,21-22H,1-5,10-12,14,20H2. The molecule has 0 spiro atoms. The molecule has 1 aliphatic rings. The molecule has 4 N–H and O–H groups in total. The minimum absolute atomic E-state index is 0.455. The van der Waals surface area contributed by atoms with Crippen LogP contribution in [0.4, 0.5) is 0 Å². The number of rotatable bonds is 3. The third-order valence-electron chi connectivity index (χ3n) is 4.33. The first-order valence-electron chi connectivity index (χ1n) is 8.37. The summed E-state index contributed by atoms with van der Waals surface area (Å²) in [5.41, 5.74) is 6.30. The summed E-state index contributed by atoms with van der Waals surface area (Å²) in [5, 5.41) is 20.7. The lowest BCUT2D eigenvalue weighted by atomic mass is 9.87. The van der Waals surface area contributed by atoms with Crippen LogP contribution < -0.4 is 5.73 Å². The highest BCUT2D eigenvalue weighted by molar-refractivity contribution is 5.39. The Morgan fingerprint density at radius 3 is 2.50 bits per heavy atom. The predicted molar refractivity (Wildman–Crippen MR) is 89.2 cm³/mol. The van der Waals surface area contributed by atoms with Crippen molar-refractivity contribution in [2.24, 2.45) is 5.73 Å². The lowest BCUT2D eigenvalue weighted by Gasteiger charge is -2.24. The number of aliphatic hydroxyl groups excluding tert-OH is 1. The van der Waals surface area contributed by atoms with Gasteiger partial charge < -0.3 is 15.9 Å². The van der Waals surface area contributed by atoms with Gasteiger partial charge in [-0.25, -0.2) is 0 Å². The maximum atomic E-state index is 10.7. The Kier molecular flexibility index (Phi) is 6.45. The van der Waals surface area contributed by atoms with Gasteiger partial charge in [-0.15, -0.1) is 0 Å². The molecule has 2 rings (SSSR count). The van der Waals surface area contributed by atoms with Crippen molar-refractivity contribution in [3.8, 4) is 11.8 Å². The van der Waals surface area contributed by atoms with Crippen LogP contribution in [0.5, 0.6) is 0 Å². The van der Waals surface area contributed by atoms with Gasteiger partial charge >= 0.3 is 0 Å². The zero-order valence-corrected chi connectivity index (χ0v) is 13.2. The van der Waals surface area contributed by atoms with E-state index in [1.54, 1.807) is 0 Å². The van der Waals surface area contributed by atoms with Gasteiger partial charge in [0.25, 0.3) is 0 Å². The summed E-state index contributed by atoms with van der Waals surface area (Å²) < 4.78 is 0. The second-order valence-corrected chi connectivity index (χ2v) is 6.27. The average molecular weight is 301 g/mol. The molecule has 1 aromatic rings. The summed E-state index contributed by atoms with van der Waals surface area (Å²) >= 11 is 0. The van der Waals surface area contributed by atoms with Gasteiger partial charge in [0, 0.05) is 5.56 Å². The summed E-state index contributed by atoms with van der Waals surface area (Å²) in [4.78, 5) is 0. The molecule has 1 saturated carbocycles. The van der Waals surface area contributed by atoms with E-state index in [0.29, 0.717) is 13.0 Å². The van der Waals surface area contributed by atoms with Gasteiger partial charge in [-0.3, -0.25) is 0 Å². The lowest BCUT2D eigenvalue weighted by molar-refractivity contribution is 0.0718. The van der Waals surface area contributed by atoms with Crippen LogP contribution in [0.3, 0.4) is 0 Å². The SMILES string of the molecule is NCCC(O)c1cccc(C#CC2(O)CCCCCCC2)c1. The van der Waals surface area contributed by atoms with Crippen LogP contribution in [0.25, 0.3) is 0 Å². The van der Waals surface area contributed by atoms with Crippen molar-refractivity contribution in [1.29, 1.82) is 0 Å². The molecule has 1 fully saturated rings. The molecule has 0 amide bonds. The topological polar surface area (TPSA) is 66.5 Å². The quantitative estimate of drug-likeness (QED) is 0.752. The van der Waals surface area contributed by atoms with Gasteiger partial charge in [0.05, 0.1) is 6.10 Å². The molecule has 1 unspecified atom stereocenters. The smallest absolute Gasteiger partial charge is 0.125 e. The zero-order valence-electron chi connectivity index (χ0n) is 13.2. The van der Waals surface area contributed by atoms with E-state index in [9.17, 15) is 10.2 Å². The van der Waals surface area contributed by atoms with Crippen LogP contribution in [0.15, 0.2) is 24.3 Å². The van der Waals surface area contributed by atoms with Crippen molar-refractivity contribution in [3.05, 3.63) is 35.4 Å². The zero-order chi connectivity index (χ0) is 15.8. The Hall–Kier alpha value is -1.34. The minimum Gasteiger partial charge on any atom is -0.388 e. The first-order valence-corrected chi connectivity index (χ1v) is 8.37. The van der Waals surface area contributed by atoms with Crippen molar-refractivity contribution in [2.75, 3.05) is 6.54 Å². The van der Waals surface area contributed by atoms with Gasteiger partial charge in [0.2, 0.25) is 0 Å². The summed E-state index contributed by atoms with van der Waals surface area (Å²) in [7, 11) is 0. The fourth-order valence-corrected chi connectivity index (χ4v) is 2.95. The molecule has 1 aromatic carbocycles. The molecule has 1 aliphatic carbocycles. The molecule has 0 saturated heterocycles. The van der Waals surface area contributed by atoms with E-state index in [-0.39, 0.29) is 0 Å². The van der Waals surface area contributed by atoms with E-state index in [2.05, 4.69) is 11.8 Å². The van der Waals surface area contributed by atoms with Gasteiger partial charge in [-0.2, -0.15) is 0 Å². The molecular formula is C19H27NO2. The molecule has 3 nitrogen and oxygen atoms in total. The molecular weight excluding hydrogens is 274 g/mol. The Morgan fingerprint density at radius 2 is 1.82 bits per heavy atom. The highest BCUT2D eigenvalue weighted by atomic mass is 16.3. The summed E-state index contributed by atoms with van der Waals surface area (Å²) in [6.45, 7) is 0.455. The number of benzene rings is 1. The van der Waals surface area contributed by atoms with Crippen molar-refractivity contribution >= 4 is 0 Å². The van der Waals surface area contributed by atoms with Crippen LogP contribution in [0.1, 0.15) is 68.6 Å². The first-order chi connectivity index (χ1) is 10.6. The fourth-order valence-electron chi connectivity index (χ4n) is 2.95. The van der Waals surface area contributed by atoms with E-state index < -0.39 is 11.7 Å². The van der Waals surface area contributed by atoms with Gasteiger partial charge in [-0.1, -0.05) is 43.2 Å². The second-order valence-electron chi connectivity index (χ2n) is 6.27. The fraction of sp³-hybridized carbons (Fsp3) is 0.579. The van der Waals surface area contributed by atoms with Gasteiger partial charge in [0.1, 0.15) is 5.60 Å². The highest BCUT2D eigenvalue weighted by Crippen LogP contribution is 2.26. The number of hydrogen-bond donors (Lipinski definition) is 3. The predicted octanol–water partition coefficient (Wildman–Crippen LogP) is 2.90. The summed E-state index contributed by atoms with van der Waals surface area (Å²) in [6, 6.07) is 7.58. The summed E-state index contributed by atoms with van der Waals surface area (Å²) in [6.07, 6.45) is 7.24. The molecule has 22 heavy (non-hydrogen) atoms. The van der Waals surface area contributed by atoms with Gasteiger partial charge in [-0.05, 0) is 56.3 Å². The third kappa shape index (κ3) is 5.14. The monoisotopic (exact) mass is 301 g/mol. The van der Waals surface area contributed by atoms with E-state index >= 15 is 0 Å². The molecule has 0 aliphatic heterocycles. The molecule has 120 valence electrons. The van der Waals surface area contributed by atoms with Crippen molar-refractivity contribution in [1.82, 2.24) is 0 Å². The molecule has 0 radical (unpaired) electrons. The minimum atomic E-state index is -0.855. The van der Waals surface area contributed by atoms with Crippen molar-refractivity contribution in [3.63, 3.8) is 0 Å². The molecule has 0 heterocycles. The van der Waals surface area contributed by atoms with Crippen LogP contribution in [0, 0.1) is 11.8 Å². The maximum absolute atomic E-state index is 10.7. The molecule has 3 heteroatoms. The normalized spacial score (nSPS) is 19.4. The Balaban J connectivity index is 2.11. The van der Waals surface area contributed by atoms with E-state index in [0.717, 1.165) is 36.8 Å². The average Bonchev–Trinajstić information content (AvgIpc) is 2.50. The van der Waals surface area contributed by atoms with Crippen LogP contribution in [-0.2, 0) is 0 Å². The molecule has 0 bridgehead atoms. The number of nitrogens with two attached hydrogens (primary N) is 1. The molecule has 1 atom stereocenters. The molecule has 0 aromatic heterocycles. The second kappa shape index (κ2) is 8.33. The van der Waals surface area contributed by atoms with Crippen LogP contribution >= 0.6 is 0 Å². The largest absolute Gasteiger partial charge is 0.388 e. The van der Waals surface area contributed by atoms with Crippen LogP contribution in [0.2, 0.25) is 0 Å². The van der Waals surface area contributed by atoms with E-state index in [1.807, 2.05) is 24.3 Å². The number of aliphatic hydroxyl groups is 2. The van der Waals surface area contributed by atoms with Crippen LogP contribution in [-0.4, -0.2) is 22.4 Å². The summed E-state index contributed by atoms with van der Waals surface area (Å²) in [5.74, 6) is 6.18. The Bertz CT molecular complexity index is 522. The number of hydrogen-bond acceptors (Lipinski definition) is 3.